The summed E-state index contributed by atoms with van der Waals surface area (Å²) in [6.45, 7) is 0. The summed E-state index contributed by atoms with van der Waals surface area (Å²) in [6, 6.07) is 7.96. The van der Waals surface area contributed by atoms with Gasteiger partial charge in [-0.3, -0.25) is 5.43 Å². The molecule has 2 heterocycles. The topological polar surface area (TPSA) is 37.5 Å². The first-order chi connectivity index (χ1) is 6.95. The van der Waals surface area contributed by atoms with E-state index in [1.165, 1.54) is 0 Å². The molecule has 14 heavy (non-hydrogen) atoms. The lowest BCUT2D eigenvalue weighted by Crippen LogP contribution is -1.89. The minimum Gasteiger partial charge on any atom is -0.454 e. The van der Waals surface area contributed by atoms with Crippen LogP contribution in [0.25, 0.3) is 17.0 Å². The maximum atomic E-state index is 5.63. The van der Waals surface area contributed by atoms with Crippen LogP contribution in [0.3, 0.4) is 0 Å². The summed E-state index contributed by atoms with van der Waals surface area (Å²) in [6.07, 6.45) is 5.45. The van der Waals surface area contributed by atoms with Crippen molar-refractivity contribution in [2.75, 3.05) is 0 Å². The van der Waals surface area contributed by atoms with Crippen LogP contribution in [0.4, 0.5) is 0 Å². The van der Waals surface area contributed by atoms with Gasteiger partial charge in [-0.1, -0.05) is 18.2 Å². The largest absolute Gasteiger partial charge is 0.454 e. The maximum Gasteiger partial charge on any atom is 0.155 e. The van der Waals surface area contributed by atoms with Crippen LogP contribution in [-0.2, 0) is 0 Å². The molecule has 0 radical (unpaired) electrons. The van der Waals surface area contributed by atoms with Crippen molar-refractivity contribution in [1.82, 2.24) is 5.43 Å². The third-order valence-electron chi connectivity index (χ3n) is 2.24. The summed E-state index contributed by atoms with van der Waals surface area (Å²) in [5.74, 6) is 0.799. The molecular formula is C11H8N2O. The van der Waals surface area contributed by atoms with Gasteiger partial charge in [-0.05, 0) is 12.1 Å². The van der Waals surface area contributed by atoms with Crippen molar-refractivity contribution in [2.45, 2.75) is 0 Å². The van der Waals surface area contributed by atoms with Gasteiger partial charge in [0.25, 0.3) is 0 Å². The fourth-order valence-corrected chi connectivity index (χ4v) is 1.61. The Labute approximate surface area is 80.7 Å². The highest BCUT2D eigenvalue weighted by atomic mass is 16.3. The highest BCUT2D eigenvalue weighted by molar-refractivity contribution is 5.96. The summed E-state index contributed by atoms with van der Waals surface area (Å²) >= 11 is 0. The van der Waals surface area contributed by atoms with Crippen LogP contribution in [0, 0.1) is 0 Å². The van der Waals surface area contributed by atoms with Crippen molar-refractivity contribution in [3.63, 3.8) is 0 Å². The number of hydrazone groups is 1. The molecule has 3 rings (SSSR count). The number of fused-ring (bicyclic) bond motifs is 3. The molecule has 0 bridgehead atoms. The van der Waals surface area contributed by atoms with Gasteiger partial charge in [0.1, 0.15) is 5.58 Å². The molecule has 1 aromatic heterocycles. The van der Waals surface area contributed by atoms with Gasteiger partial charge in [0.05, 0.1) is 6.21 Å². The van der Waals surface area contributed by atoms with Crippen molar-refractivity contribution in [2.24, 2.45) is 5.10 Å². The zero-order valence-electron chi connectivity index (χ0n) is 7.40. The Kier molecular flexibility index (Phi) is 1.44. The third kappa shape index (κ3) is 0.956. The van der Waals surface area contributed by atoms with Gasteiger partial charge in [-0.25, -0.2) is 0 Å². The lowest BCUT2D eigenvalue weighted by atomic mass is 10.1. The van der Waals surface area contributed by atoms with Gasteiger partial charge in [-0.15, -0.1) is 0 Å². The summed E-state index contributed by atoms with van der Waals surface area (Å²) in [5, 5.41) is 5.07. The Morgan fingerprint density at radius 1 is 1.21 bits per heavy atom. The fraction of sp³-hybridized carbons (Fsp3) is 0. The van der Waals surface area contributed by atoms with E-state index in [-0.39, 0.29) is 0 Å². The van der Waals surface area contributed by atoms with Gasteiger partial charge < -0.3 is 4.42 Å². The molecule has 1 aliphatic rings. The predicted octanol–water partition coefficient (Wildman–Crippen LogP) is 2.34. The van der Waals surface area contributed by atoms with E-state index in [1.54, 1.807) is 12.4 Å². The second-order valence-corrected chi connectivity index (χ2v) is 3.10. The minimum absolute atomic E-state index is 0.799. The molecule has 0 amide bonds. The Bertz CT molecular complexity index is 537. The molecule has 0 saturated carbocycles. The SMILES string of the molecule is C1=Cc2c(oc3ccccc23)C=NN1. The minimum atomic E-state index is 0.799. The average Bonchev–Trinajstić information content (AvgIpc) is 2.42. The van der Waals surface area contributed by atoms with Crippen LogP contribution in [-0.4, -0.2) is 6.21 Å². The second-order valence-electron chi connectivity index (χ2n) is 3.10. The van der Waals surface area contributed by atoms with Gasteiger partial charge in [0.15, 0.2) is 5.76 Å². The standard InChI is InChI=1S/C11H8N2O/c1-2-4-10-8(3-1)9-5-6-12-13-7-11(9)14-10/h1-7,12H. The Hall–Kier alpha value is -2.03. The van der Waals surface area contributed by atoms with Crippen molar-refractivity contribution < 1.29 is 4.42 Å². The van der Waals surface area contributed by atoms with Gasteiger partial charge >= 0.3 is 0 Å². The number of para-hydroxylation sites is 1. The highest BCUT2D eigenvalue weighted by Crippen LogP contribution is 2.26. The van der Waals surface area contributed by atoms with Crippen LogP contribution < -0.4 is 5.43 Å². The number of hydrogen-bond acceptors (Lipinski definition) is 3. The number of nitrogens with one attached hydrogen (secondary N) is 1. The fourth-order valence-electron chi connectivity index (χ4n) is 1.61. The summed E-state index contributed by atoms with van der Waals surface area (Å²) in [4.78, 5) is 0. The van der Waals surface area contributed by atoms with E-state index in [4.69, 9.17) is 4.42 Å². The van der Waals surface area contributed by atoms with Gasteiger partial charge in [0, 0.05) is 17.1 Å². The second kappa shape index (κ2) is 2.73. The quantitative estimate of drug-likeness (QED) is 0.682. The zero-order chi connectivity index (χ0) is 9.38. The van der Waals surface area contributed by atoms with E-state index in [2.05, 4.69) is 10.5 Å². The Morgan fingerprint density at radius 2 is 2.14 bits per heavy atom. The zero-order valence-corrected chi connectivity index (χ0v) is 7.40. The lowest BCUT2D eigenvalue weighted by Gasteiger charge is -1.87. The normalized spacial score (nSPS) is 13.7. The summed E-state index contributed by atoms with van der Waals surface area (Å²) in [7, 11) is 0. The van der Waals surface area contributed by atoms with E-state index in [0.29, 0.717) is 0 Å². The van der Waals surface area contributed by atoms with Gasteiger partial charge in [0.2, 0.25) is 0 Å². The number of nitrogens with zero attached hydrogens (tertiary/aromatic N) is 1. The first-order valence-corrected chi connectivity index (χ1v) is 4.42. The highest BCUT2D eigenvalue weighted by Gasteiger charge is 2.10. The Morgan fingerprint density at radius 3 is 3.14 bits per heavy atom. The molecule has 1 N–H and O–H groups in total. The number of furan rings is 1. The molecule has 0 saturated heterocycles. The van der Waals surface area contributed by atoms with Crippen LogP contribution in [0.5, 0.6) is 0 Å². The monoisotopic (exact) mass is 184 g/mol. The average molecular weight is 184 g/mol. The first kappa shape index (κ1) is 7.38. The molecule has 3 heteroatoms. The van der Waals surface area contributed by atoms with Crippen LogP contribution in [0.15, 0.2) is 40.0 Å². The van der Waals surface area contributed by atoms with Crippen LogP contribution in [0.1, 0.15) is 11.3 Å². The molecule has 0 aliphatic carbocycles. The molecule has 0 unspecified atom stereocenters. The molecule has 0 spiro atoms. The predicted molar refractivity (Wildman–Crippen MR) is 56.0 cm³/mol. The van der Waals surface area contributed by atoms with Gasteiger partial charge in [-0.2, -0.15) is 5.10 Å². The third-order valence-corrected chi connectivity index (χ3v) is 2.24. The molecule has 1 aliphatic heterocycles. The molecule has 2 aromatic rings. The Balaban J connectivity index is 2.41. The van der Waals surface area contributed by atoms with E-state index in [1.807, 2.05) is 30.3 Å². The number of benzene rings is 1. The van der Waals surface area contributed by atoms with Crippen LogP contribution in [0.2, 0.25) is 0 Å². The van der Waals surface area contributed by atoms with Crippen molar-refractivity contribution in [3.05, 3.63) is 41.8 Å². The molecule has 3 nitrogen and oxygen atoms in total. The summed E-state index contributed by atoms with van der Waals surface area (Å²) < 4.78 is 5.63. The number of rotatable bonds is 0. The van der Waals surface area contributed by atoms with E-state index in [9.17, 15) is 0 Å². The van der Waals surface area contributed by atoms with E-state index < -0.39 is 0 Å². The lowest BCUT2D eigenvalue weighted by molar-refractivity contribution is 0.606. The number of hydrogen-bond donors (Lipinski definition) is 1. The smallest absolute Gasteiger partial charge is 0.155 e. The van der Waals surface area contributed by atoms with Crippen molar-refractivity contribution >= 4 is 23.3 Å². The molecule has 0 fully saturated rings. The molecular weight excluding hydrogens is 176 g/mol. The van der Waals surface area contributed by atoms with E-state index >= 15 is 0 Å². The maximum absolute atomic E-state index is 5.63. The van der Waals surface area contributed by atoms with E-state index in [0.717, 1.165) is 22.3 Å². The molecule has 0 atom stereocenters. The van der Waals surface area contributed by atoms with Crippen molar-refractivity contribution in [1.29, 1.82) is 0 Å². The first-order valence-electron chi connectivity index (χ1n) is 4.42. The molecule has 1 aromatic carbocycles. The molecule has 68 valence electrons. The summed E-state index contributed by atoms with van der Waals surface area (Å²) in [5.41, 5.74) is 4.75. The van der Waals surface area contributed by atoms with Crippen molar-refractivity contribution in [3.8, 4) is 0 Å². The van der Waals surface area contributed by atoms with Crippen LogP contribution >= 0.6 is 0 Å².